The average molecular weight is 435 g/mol. The highest BCUT2D eigenvalue weighted by Gasteiger charge is 2.45. The van der Waals surface area contributed by atoms with Crippen LogP contribution in [0.5, 0.6) is 0 Å². The van der Waals surface area contributed by atoms with Gasteiger partial charge in [-0.15, -0.1) is 0 Å². The Morgan fingerprint density at radius 1 is 1.19 bits per heavy atom. The number of carbonyl (C=O) groups is 2. The molecule has 6 nitrogen and oxygen atoms in total. The molecule has 1 unspecified atom stereocenters. The van der Waals surface area contributed by atoms with Gasteiger partial charge in [0.1, 0.15) is 17.1 Å². The van der Waals surface area contributed by atoms with Crippen molar-refractivity contribution in [3.05, 3.63) is 76.9 Å². The van der Waals surface area contributed by atoms with Crippen molar-refractivity contribution in [3.8, 4) is 11.1 Å². The van der Waals surface area contributed by atoms with Crippen molar-refractivity contribution in [1.29, 1.82) is 0 Å². The second kappa shape index (κ2) is 8.57. The molecule has 0 bridgehead atoms. The summed E-state index contributed by atoms with van der Waals surface area (Å²) in [6.45, 7) is 4.32. The van der Waals surface area contributed by atoms with Crippen LogP contribution in [0.2, 0.25) is 0 Å². The van der Waals surface area contributed by atoms with Crippen LogP contribution in [0.1, 0.15) is 40.7 Å². The molecule has 7 heteroatoms. The quantitative estimate of drug-likeness (QED) is 0.636. The number of carbonyl (C=O) groups excluding carboxylic acids is 2. The molecule has 2 heterocycles. The molecule has 0 spiro atoms. The molecule has 3 aromatic rings. The molecule has 1 saturated heterocycles. The van der Waals surface area contributed by atoms with Crippen molar-refractivity contribution >= 4 is 11.8 Å². The zero-order valence-electron chi connectivity index (χ0n) is 18.2. The zero-order valence-corrected chi connectivity index (χ0v) is 18.2. The topological polar surface area (TPSA) is 89.4 Å². The molecule has 1 aliphatic rings. The number of aromatic nitrogens is 1. The van der Waals surface area contributed by atoms with Crippen molar-refractivity contribution < 1.29 is 18.5 Å². The number of halogens is 1. The lowest BCUT2D eigenvalue weighted by atomic mass is 9.79. The summed E-state index contributed by atoms with van der Waals surface area (Å²) in [5, 5.41) is 3.97. The van der Waals surface area contributed by atoms with E-state index in [2.05, 4.69) is 5.16 Å². The Balaban J connectivity index is 1.58. The Morgan fingerprint density at radius 3 is 2.62 bits per heavy atom. The maximum atomic E-state index is 13.3. The van der Waals surface area contributed by atoms with Gasteiger partial charge >= 0.3 is 0 Å². The summed E-state index contributed by atoms with van der Waals surface area (Å²) in [5.41, 5.74) is 8.87. The minimum Gasteiger partial charge on any atom is -0.369 e. The largest absolute Gasteiger partial charge is 0.369 e. The molecule has 1 atom stereocenters. The first-order valence-electron chi connectivity index (χ1n) is 10.7. The van der Waals surface area contributed by atoms with Crippen LogP contribution in [0.4, 0.5) is 4.39 Å². The van der Waals surface area contributed by atoms with Gasteiger partial charge in [-0.3, -0.25) is 9.59 Å². The van der Waals surface area contributed by atoms with Gasteiger partial charge in [-0.1, -0.05) is 48.5 Å². The fourth-order valence-electron chi connectivity index (χ4n) is 4.46. The third-order valence-electron chi connectivity index (χ3n) is 6.29. The van der Waals surface area contributed by atoms with Crippen molar-refractivity contribution in [2.45, 2.75) is 33.1 Å². The summed E-state index contributed by atoms with van der Waals surface area (Å²) >= 11 is 0. The molecule has 0 radical (unpaired) electrons. The Morgan fingerprint density at radius 2 is 1.94 bits per heavy atom. The van der Waals surface area contributed by atoms with E-state index in [1.54, 1.807) is 24.0 Å². The highest BCUT2D eigenvalue weighted by atomic mass is 19.1. The smallest absolute Gasteiger partial charge is 0.259 e. The zero-order chi connectivity index (χ0) is 22.9. The first-order valence-corrected chi connectivity index (χ1v) is 10.7. The van der Waals surface area contributed by atoms with Gasteiger partial charge in [0.25, 0.3) is 5.91 Å². The van der Waals surface area contributed by atoms with Crippen LogP contribution >= 0.6 is 0 Å². The fourth-order valence-corrected chi connectivity index (χ4v) is 4.46. The molecule has 2 aromatic carbocycles. The van der Waals surface area contributed by atoms with Crippen LogP contribution in [-0.4, -0.2) is 35.0 Å². The number of hydrogen-bond acceptors (Lipinski definition) is 4. The summed E-state index contributed by atoms with van der Waals surface area (Å²) in [6.07, 6.45) is 1.49. The molecule has 0 aliphatic carbocycles. The van der Waals surface area contributed by atoms with E-state index in [1.165, 1.54) is 12.1 Å². The van der Waals surface area contributed by atoms with Crippen molar-refractivity contribution in [1.82, 2.24) is 10.1 Å². The average Bonchev–Trinajstić information content (AvgIpc) is 3.38. The Labute approximate surface area is 186 Å². The minimum absolute atomic E-state index is 0.177. The molecule has 1 aliphatic heterocycles. The molecule has 0 saturated carbocycles. The van der Waals surface area contributed by atoms with E-state index in [-0.39, 0.29) is 18.3 Å². The Kier molecular flexibility index (Phi) is 5.82. The SMILES string of the molecule is CCc1noc(C)c1C(=O)N1CCC(Cc2cccc(-c3ccc(F)cc3)c2)(C(N)=O)C1. The number of rotatable bonds is 6. The van der Waals surface area contributed by atoms with Gasteiger partial charge in [-0.05, 0) is 55.0 Å². The predicted molar refractivity (Wildman–Crippen MR) is 118 cm³/mol. The molecule has 166 valence electrons. The number of nitrogens with zero attached hydrogens (tertiary/aromatic N) is 2. The van der Waals surface area contributed by atoms with Gasteiger partial charge in [0.05, 0.1) is 11.1 Å². The van der Waals surface area contributed by atoms with Gasteiger partial charge < -0.3 is 15.2 Å². The Hall–Kier alpha value is -3.48. The lowest BCUT2D eigenvalue weighted by Gasteiger charge is -2.26. The molecule has 1 fully saturated rings. The van der Waals surface area contributed by atoms with E-state index in [0.29, 0.717) is 42.8 Å². The first kappa shape index (κ1) is 21.7. The van der Waals surface area contributed by atoms with Crippen LogP contribution in [0, 0.1) is 18.2 Å². The summed E-state index contributed by atoms with van der Waals surface area (Å²) in [4.78, 5) is 27.4. The lowest BCUT2D eigenvalue weighted by molar-refractivity contribution is -0.126. The van der Waals surface area contributed by atoms with Gasteiger partial charge in [-0.2, -0.15) is 0 Å². The summed E-state index contributed by atoms with van der Waals surface area (Å²) in [6, 6.07) is 14.1. The van der Waals surface area contributed by atoms with Crippen molar-refractivity contribution in [2.24, 2.45) is 11.1 Å². The van der Waals surface area contributed by atoms with E-state index in [1.807, 2.05) is 31.2 Å². The van der Waals surface area contributed by atoms with E-state index in [4.69, 9.17) is 10.3 Å². The normalized spacial score (nSPS) is 18.2. The van der Waals surface area contributed by atoms with Crippen molar-refractivity contribution in [3.63, 3.8) is 0 Å². The first-order chi connectivity index (χ1) is 15.3. The van der Waals surface area contributed by atoms with Gasteiger partial charge in [0.15, 0.2) is 0 Å². The molecular formula is C25H26FN3O3. The standard InChI is InChI=1S/C25H26FN3O3/c1-3-21-22(16(2)32-28-21)23(30)29-12-11-25(15-29,24(27)31)14-17-5-4-6-19(13-17)18-7-9-20(26)10-8-18/h4-10,13H,3,11-12,14-15H2,1-2H3,(H2,27,31). The van der Waals surface area contributed by atoms with E-state index in [9.17, 15) is 14.0 Å². The van der Waals surface area contributed by atoms with Gasteiger partial charge in [0.2, 0.25) is 5.91 Å². The third-order valence-corrected chi connectivity index (χ3v) is 6.29. The lowest BCUT2D eigenvalue weighted by Crippen LogP contribution is -2.42. The third kappa shape index (κ3) is 4.02. The second-order valence-electron chi connectivity index (χ2n) is 8.42. The highest BCUT2D eigenvalue weighted by Crippen LogP contribution is 2.36. The number of primary amides is 1. The molecule has 2 N–H and O–H groups in total. The summed E-state index contributed by atoms with van der Waals surface area (Å²) < 4.78 is 18.5. The van der Waals surface area contributed by atoms with Crippen molar-refractivity contribution in [2.75, 3.05) is 13.1 Å². The molecule has 1 aromatic heterocycles. The van der Waals surface area contributed by atoms with Crippen LogP contribution in [0.25, 0.3) is 11.1 Å². The van der Waals surface area contributed by atoms with Gasteiger partial charge in [-0.25, -0.2) is 4.39 Å². The van der Waals surface area contributed by atoms with E-state index in [0.717, 1.165) is 16.7 Å². The van der Waals surface area contributed by atoms with Crippen LogP contribution in [0.15, 0.2) is 53.1 Å². The molecule has 2 amide bonds. The van der Waals surface area contributed by atoms with Crippen LogP contribution in [0.3, 0.4) is 0 Å². The molecule has 32 heavy (non-hydrogen) atoms. The molecule has 4 rings (SSSR count). The summed E-state index contributed by atoms with van der Waals surface area (Å²) in [7, 11) is 0. The van der Waals surface area contributed by atoms with Gasteiger partial charge in [0, 0.05) is 13.1 Å². The highest BCUT2D eigenvalue weighted by molar-refractivity contribution is 5.97. The van der Waals surface area contributed by atoms with Crippen LogP contribution < -0.4 is 5.73 Å². The maximum absolute atomic E-state index is 13.3. The molecular weight excluding hydrogens is 409 g/mol. The number of benzene rings is 2. The summed E-state index contributed by atoms with van der Waals surface area (Å²) in [5.74, 6) is -0.403. The van der Waals surface area contributed by atoms with E-state index < -0.39 is 11.3 Å². The number of likely N-dealkylation sites (tertiary alicyclic amines) is 1. The Bertz CT molecular complexity index is 1160. The number of aryl methyl sites for hydroxylation is 2. The predicted octanol–water partition coefficient (Wildman–Crippen LogP) is 3.91. The number of amides is 2. The second-order valence-corrected chi connectivity index (χ2v) is 8.42. The monoisotopic (exact) mass is 435 g/mol. The van der Waals surface area contributed by atoms with E-state index >= 15 is 0 Å². The number of hydrogen-bond donors (Lipinski definition) is 1. The minimum atomic E-state index is -0.853. The fraction of sp³-hybridized carbons (Fsp3) is 0.320. The van der Waals surface area contributed by atoms with Crippen LogP contribution in [-0.2, 0) is 17.6 Å². The maximum Gasteiger partial charge on any atom is 0.259 e. The number of nitrogens with two attached hydrogens (primary N) is 1.